The van der Waals surface area contributed by atoms with Gasteiger partial charge < -0.3 is 20.3 Å². The summed E-state index contributed by atoms with van der Waals surface area (Å²) in [5.41, 5.74) is 2.38. The van der Waals surface area contributed by atoms with Crippen molar-refractivity contribution in [1.29, 1.82) is 0 Å². The van der Waals surface area contributed by atoms with Crippen LogP contribution in [0.5, 0.6) is 5.75 Å². The van der Waals surface area contributed by atoms with Crippen molar-refractivity contribution >= 4 is 47.2 Å². The summed E-state index contributed by atoms with van der Waals surface area (Å²) >= 11 is 1.72. The van der Waals surface area contributed by atoms with Gasteiger partial charge in [-0.25, -0.2) is 4.99 Å². The number of carbonyl (C=O) groups is 1. The highest BCUT2D eigenvalue weighted by Gasteiger charge is 2.18. The molecule has 2 heterocycles. The lowest BCUT2D eigenvalue weighted by atomic mass is 10.1. The second kappa shape index (κ2) is 12.8. The summed E-state index contributed by atoms with van der Waals surface area (Å²) < 4.78 is 5.22. The molecule has 2 N–H and O–H groups in total. The summed E-state index contributed by atoms with van der Waals surface area (Å²) in [7, 11) is 1.68. The van der Waals surface area contributed by atoms with Crippen LogP contribution >= 0.6 is 35.3 Å². The van der Waals surface area contributed by atoms with Crippen LogP contribution in [0.2, 0.25) is 0 Å². The summed E-state index contributed by atoms with van der Waals surface area (Å²) in [6.45, 7) is 6.05. The molecule has 1 aliphatic rings. The van der Waals surface area contributed by atoms with Crippen molar-refractivity contribution in [2.75, 3.05) is 33.3 Å². The van der Waals surface area contributed by atoms with E-state index in [9.17, 15) is 4.79 Å². The first-order chi connectivity index (χ1) is 14.2. The molecular formula is C22H31IN4O2S. The number of hydrogen-bond acceptors (Lipinski definition) is 4. The highest BCUT2D eigenvalue weighted by Crippen LogP contribution is 2.27. The molecular weight excluding hydrogens is 511 g/mol. The van der Waals surface area contributed by atoms with Gasteiger partial charge in [0.1, 0.15) is 5.75 Å². The number of methoxy groups -OCH3 is 1. The van der Waals surface area contributed by atoms with Gasteiger partial charge in [0, 0.05) is 37.5 Å². The van der Waals surface area contributed by atoms with Gasteiger partial charge in [-0.1, -0.05) is 12.1 Å². The van der Waals surface area contributed by atoms with E-state index in [4.69, 9.17) is 9.73 Å². The maximum absolute atomic E-state index is 11.7. The lowest BCUT2D eigenvalue weighted by Crippen LogP contribution is -2.38. The Bertz CT molecular complexity index is 823. The molecule has 0 aliphatic carbocycles. The van der Waals surface area contributed by atoms with Gasteiger partial charge in [-0.15, -0.1) is 35.3 Å². The third-order valence-electron chi connectivity index (χ3n) is 4.88. The van der Waals surface area contributed by atoms with Gasteiger partial charge in [0.25, 0.3) is 0 Å². The Morgan fingerprint density at radius 3 is 2.70 bits per heavy atom. The van der Waals surface area contributed by atoms with Crippen LogP contribution in [-0.4, -0.2) is 50.1 Å². The summed E-state index contributed by atoms with van der Waals surface area (Å²) in [5.74, 6) is 1.97. The number of halogens is 1. The predicted molar refractivity (Wildman–Crippen MR) is 135 cm³/mol. The highest BCUT2D eigenvalue weighted by molar-refractivity contribution is 14.0. The van der Waals surface area contributed by atoms with Gasteiger partial charge in [0.05, 0.1) is 13.7 Å². The summed E-state index contributed by atoms with van der Waals surface area (Å²) in [4.78, 5) is 19.5. The lowest BCUT2D eigenvalue weighted by Gasteiger charge is -2.16. The van der Waals surface area contributed by atoms with Gasteiger partial charge >= 0.3 is 0 Å². The fraction of sp³-hybridized carbons (Fsp3) is 0.455. The molecule has 0 radical (unpaired) electrons. The number of nitrogens with zero attached hydrogens (tertiary/aromatic N) is 2. The molecule has 30 heavy (non-hydrogen) atoms. The van der Waals surface area contributed by atoms with E-state index in [-0.39, 0.29) is 29.9 Å². The zero-order valence-corrected chi connectivity index (χ0v) is 20.8. The summed E-state index contributed by atoms with van der Waals surface area (Å²) in [6.07, 6.45) is 2.63. The average Bonchev–Trinajstić information content (AvgIpc) is 3.38. The molecule has 0 spiro atoms. The quantitative estimate of drug-likeness (QED) is 0.217. The molecule has 2 aromatic rings. The Morgan fingerprint density at radius 1 is 1.23 bits per heavy atom. The topological polar surface area (TPSA) is 66.0 Å². The SMILES string of the molecule is CCNC(=NCc1cc(-c2ccc(OC)cc2)cs1)NCCCN1CCCC1=O.I. The van der Waals surface area contributed by atoms with Gasteiger partial charge in [0.2, 0.25) is 5.91 Å². The molecule has 6 nitrogen and oxygen atoms in total. The minimum atomic E-state index is 0. The molecule has 0 saturated carbocycles. The molecule has 1 saturated heterocycles. The molecule has 1 amide bonds. The number of ether oxygens (including phenoxy) is 1. The van der Waals surface area contributed by atoms with Gasteiger partial charge in [0.15, 0.2) is 5.96 Å². The van der Waals surface area contributed by atoms with Crippen LogP contribution in [0.3, 0.4) is 0 Å². The van der Waals surface area contributed by atoms with Gasteiger partial charge in [-0.2, -0.15) is 0 Å². The molecule has 1 fully saturated rings. The number of hydrogen-bond donors (Lipinski definition) is 2. The molecule has 3 rings (SSSR count). The van der Waals surface area contributed by atoms with Crippen LogP contribution in [0.25, 0.3) is 11.1 Å². The molecule has 0 atom stereocenters. The van der Waals surface area contributed by atoms with Crippen molar-refractivity contribution in [3.05, 3.63) is 40.6 Å². The Balaban J connectivity index is 0.00000320. The number of rotatable bonds is 9. The minimum Gasteiger partial charge on any atom is -0.497 e. The van der Waals surface area contributed by atoms with Crippen LogP contribution in [0.4, 0.5) is 0 Å². The summed E-state index contributed by atoms with van der Waals surface area (Å²) in [5, 5.41) is 8.83. The number of likely N-dealkylation sites (tertiary alicyclic amines) is 1. The number of thiophene rings is 1. The van der Waals surface area contributed by atoms with E-state index in [1.165, 1.54) is 16.0 Å². The molecule has 0 bridgehead atoms. The van der Waals surface area contributed by atoms with Crippen LogP contribution in [0.1, 0.15) is 31.1 Å². The largest absolute Gasteiger partial charge is 0.497 e. The van der Waals surface area contributed by atoms with Crippen molar-refractivity contribution in [2.45, 2.75) is 32.7 Å². The van der Waals surface area contributed by atoms with Crippen LogP contribution in [0.15, 0.2) is 40.7 Å². The number of carbonyl (C=O) groups excluding carboxylic acids is 1. The maximum atomic E-state index is 11.7. The van der Waals surface area contributed by atoms with Crippen molar-refractivity contribution in [1.82, 2.24) is 15.5 Å². The molecule has 1 aromatic heterocycles. The standard InChI is InChI=1S/C22H30N4O2S.HI/c1-3-23-22(24-11-5-13-26-12-4-6-21(26)27)25-15-20-14-18(16-29-20)17-7-9-19(28-2)10-8-17;/h7-10,14,16H,3-6,11-13,15H2,1-2H3,(H2,23,24,25);1H. The van der Waals surface area contributed by atoms with Crippen molar-refractivity contribution in [3.8, 4) is 16.9 Å². The summed E-state index contributed by atoms with van der Waals surface area (Å²) in [6, 6.07) is 10.3. The lowest BCUT2D eigenvalue weighted by molar-refractivity contribution is -0.127. The molecule has 1 aromatic carbocycles. The molecule has 164 valence electrons. The van der Waals surface area contributed by atoms with E-state index in [1.54, 1.807) is 18.4 Å². The first-order valence-corrected chi connectivity index (χ1v) is 11.1. The Labute approximate surface area is 200 Å². The first kappa shape index (κ1) is 24.5. The van der Waals surface area contributed by atoms with E-state index in [2.05, 4.69) is 41.1 Å². The van der Waals surface area contributed by atoms with Crippen LogP contribution < -0.4 is 15.4 Å². The van der Waals surface area contributed by atoms with E-state index < -0.39 is 0 Å². The molecule has 0 unspecified atom stereocenters. The first-order valence-electron chi connectivity index (χ1n) is 10.2. The van der Waals surface area contributed by atoms with Crippen LogP contribution in [0, 0.1) is 0 Å². The normalized spacial score (nSPS) is 13.9. The molecule has 1 aliphatic heterocycles. The van der Waals surface area contributed by atoms with Crippen molar-refractivity contribution < 1.29 is 9.53 Å². The van der Waals surface area contributed by atoms with E-state index in [0.717, 1.165) is 50.7 Å². The van der Waals surface area contributed by atoms with Crippen molar-refractivity contribution in [3.63, 3.8) is 0 Å². The number of amides is 1. The smallest absolute Gasteiger partial charge is 0.222 e. The fourth-order valence-corrected chi connectivity index (χ4v) is 4.13. The monoisotopic (exact) mass is 542 g/mol. The Morgan fingerprint density at radius 2 is 2.03 bits per heavy atom. The Kier molecular flexibility index (Phi) is 10.4. The van der Waals surface area contributed by atoms with Gasteiger partial charge in [-0.3, -0.25) is 4.79 Å². The third kappa shape index (κ3) is 7.16. The number of aliphatic imine (C=N–C) groups is 1. The maximum Gasteiger partial charge on any atom is 0.222 e. The van der Waals surface area contributed by atoms with Crippen LogP contribution in [-0.2, 0) is 11.3 Å². The highest BCUT2D eigenvalue weighted by atomic mass is 127. The van der Waals surface area contributed by atoms with E-state index in [0.29, 0.717) is 13.0 Å². The zero-order chi connectivity index (χ0) is 20.5. The van der Waals surface area contributed by atoms with Crippen molar-refractivity contribution in [2.24, 2.45) is 4.99 Å². The van der Waals surface area contributed by atoms with E-state index in [1.807, 2.05) is 17.0 Å². The number of benzene rings is 1. The zero-order valence-electron chi connectivity index (χ0n) is 17.6. The fourth-order valence-electron chi connectivity index (χ4n) is 3.31. The Hall–Kier alpha value is -1.81. The van der Waals surface area contributed by atoms with E-state index >= 15 is 0 Å². The minimum absolute atomic E-state index is 0. The second-order valence-electron chi connectivity index (χ2n) is 6.99. The number of guanidine groups is 1. The number of nitrogens with one attached hydrogen (secondary N) is 2. The predicted octanol–water partition coefficient (Wildman–Crippen LogP) is 4.11. The average molecular weight is 542 g/mol. The van der Waals surface area contributed by atoms with Gasteiger partial charge in [-0.05, 0) is 54.5 Å². The second-order valence-corrected chi connectivity index (χ2v) is 7.99. The molecule has 8 heteroatoms. The third-order valence-corrected chi connectivity index (χ3v) is 5.80.